The zero-order valence-electron chi connectivity index (χ0n) is 12.7. The zero-order valence-corrected chi connectivity index (χ0v) is 14.3. The number of hydrogen-bond acceptors (Lipinski definition) is 2. The van der Waals surface area contributed by atoms with Crippen molar-refractivity contribution in [2.75, 3.05) is 19.7 Å². The molecule has 2 rings (SSSR count). The molecule has 1 unspecified atom stereocenters. The highest BCUT2D eigenvalue weighted by atomic mass is 79.9. The number of benzene rings is 1. The van der Waals surface area contributed by atoms with E-state index in [9.17, 15) is 4.79 Å². The molecule has 0 radical (unpaired) electrons. The van der Waals surface area contributed by atoms with Gasteiger partial charge in [0.05, 0.1) is 6.54 Å². The van der Waals surface area contributed by atoms with Crippen LogP contribution in [-0.4, -0.2) is 30.5 Å². The second-order valence-electron chi connectivity index (χ2n) is 5.67. The molecule has 1 aliphatic heterocycles. The Morgan fingerprint density at radius 3 is 2.76 bits per heavy atom. The van der Waals surface area contributed by atoms with Gasteiger partial charge in [-0.05, 0) is 43.0 Å². The Bertz CT molecular complexity index is 447. The molecule has 1 aromatic rings. The molecule has 4 heteroatoms. The summed E-state index contributed by atoms with van der Waals surface area (Å²) in [7, 11) is 0. The molecule has 1 aromatic carbocycles. The molecule has 0 aromatic heterocycles. The standard InChI is InChI=1S/C17H24BrNO2/c1-2-3-14-4-9-17(20)19(11-10-14)12-13-21-16-7-5-15(18)6-8-16/h5-8,14H,2-4,9-13H2,1H3. The third-order valence-corrected chi connectivity index (χ3v) is 4.60. The number of nitrogens with zero attached hydrogens (tertiary/aromatic N) is 1. The number of rotatable bonds is 6. The van der Waals surface area contributed by atoms with E-state index in [1.54, 1.807) is 0 Å². The first kappa shape index (κ1) is 16.3. The SMILES string of the molecule is CCCC1CCC(=O)N(CCOc2ccc(Br)cc2)CC1. The van der Waals surface area contributed by atoms with Gasteiger partial charge in [-0.15, -0.1) is 0 Å². The van der Waals surface area contributed by atoms with Crippen LogP contribution in [0.3, 0.4) is 0 Å². The number of ether oxygens (including phenoxy) is 1. The lowest BCUT2D eigenvalue weighted by molar-refractivity contribution is -0.131. The number of amides is 1. The molecular formula is C17H24BrNO2. The molecule has 0 bridgehead atoms. The lowest BCUT2D eigenvalue weighted by Gasteiger charge is -2.21. The Morgan fingerprint density at radius 1 is 1.29 bits per heavy atom. The molecule has 1 amide bonds. The smallest absolute Gasteiger partial charge is 0.222 e. The summed E-state index contributed by atoms with van der Waals surface area (Å²) in [4.78, 5) is 14.1. The predicted octanol–water partition coefficient (Wildman–Crippen LogP) is 4.26. The van der Waals surface area contributed by atoms with Crippen LogP contribution in [0.5, 0.6) is 5.75 Å². The van der Waals surface area contributed by atoms with Crippen molar-refractivity contribution in [3.63, 3.8) is 0 Å². The molecule has 1 atom stereocenters. The fourth-order valence-electron chi connectivity index (χ4n) is 2.83. The Morgan fingerprint density at radius 2 is 2.05 bits per heavy atom. The highest BCUT2D eigenvalue weighted by molar-refractivity contribution is 9.10. The third-order valence-electron chi connectivity index (χ3n) is 4.07. The highest BCUT2D eigenvalue weighted by Gasteiger charge is 2.21. The van der Waals surface area contributed by atoms with E-state index in [0.717, 1.165) is 35.5 Å². The Balaban J connectivity index is 1.76. The van der Waals surface area contributed by atoms with Gasteiger partial charge in [-0.1, -0.05) is 35.7 Å². The van der Waals surface area contributed by atoms with Gasteiger partial charge in [0.15, 0.2) is 0 Å². The molecular weight excluding hydrogens is 330 g/mol. The van der Waals surface area contributed by atoms with Crippen LogP contribution in [0.4, 0.5) is 0 Å². The van der Waals surface area contributed by atoms with E-state index in [0.29, 0.717) is 19.6 Å². The van der Waals surface area contributed by atoms with Gasteiger partial charge in [-0.3, -0.25) is 4.79 Å². The van der Waals surface area contributed by atoms with Crippen LogP contribution >= 0.6 is 15.9 Å². The summed E-state index contributed by atoms with van der Waals surface area (Å²) in [5, 5.41) is 0. The minimum Gasteiger partial charge on any atom is -0.492 e. The monoisotopic (exact) mass is 353 g/mol. The van der Waals surface area contributed by atoms with E-state index in [1.165, 1.54) is 12.8 Å². The van der Waals surface area contributed by atoms with Crippen molar-refractivity contribution >= 4 is 21.8 Å². The first-order valence-corrected chi connectivity index (χ1v) is 8.64. The Labute approximate surface area is 135 Å². The maximum absolute atomic E-state index is 12.1. The van der Waals surface area contributed by atoms with Gasteiger partial charge in [-0.2, -0.15) is 0 Å². The van der Waals surface area contributed by atoms with Gasteiger partial charge in [-0.25, -0.2) is 0 Å². The Kier molecular flexibility index (Phi) is 6.55. The summed E-state index contributed by atoms with van der Waals surface area (Å²) >= 11 is 3.40. The Hall–Kier alpha value is -1.03. The van der Waals surface area contributed by atoms with Crippen molar-refractivity contribution in [1.29, 1.82) is 0 Å². The van der Waals surface area contributed by atoms with E-state index in [4.69, 9.17) is 4.74 Å². The topological polar surface area (TPSA) is 29.5 Å². The van der Waals surface area contributed by atoms with Gasteiger partial charge in [0, 0.05) is 17.4 Å². The van der Waals surface area contributed by atoms with E-state index in [-0.39, 0.29) is 5.91 Å². The fraction of sp³-hybridized carbons (Fsp3) is 0.588. The maximum atomic E-state index is 12.1. The first-order chi connectivity index (χ1) is 10.2. The van der Waals surface area contributed by atoms with Crippen LogP contribution in [0.1, 0.15) is 39.0 Å². The largest absolute Gasteiger partial charge is 0.492 e. The maximum Gasteiger partial charge on any atom is 0.222 e. The van der Waals surface area contributed by atoms with E-state index in [1.807, 2.05) is 29.2 Å². The van der Waals surface area contributed by atoms with Crippen molar-refractivity contribution in [3.8, 4) is 5.75 Å². The molecule has 1 saturated heterocycles. The van der Waals surface area contributed by atoms with Gasteiger partial charge in [0.2, 0.25) is 5.91 Å². The molecule has 0 spiro atoms. The molecule has 0 N–H and O–H groups in total. The van der Waals surface area contributed by atoms with Crippen molar-refractivity contribution in [2.45, 2.75) is 39.0 Å². The summed E-state index contributed by atoms with van der Waals surface area (Å²) < 4.78 is 6.75. The number of hydrogen-bond donors (Lipinski definition) is 0. The number of carbonyl (C=O) groups is 1. The van der Waals surface area contributed by atoms with Crippen molar-refractivity contribution in [1.82, 2.24) is 4.90 Å². The third kappa shape index (κ3) is 5.34. The molecule has 3 nitrogen and oxygen atoms in total. The lowest BCUT2D eigenvalue weighted by Crippen LogP contribution is -2.34. The average Bonchev–Trinajstić information content (AvgIpc) is 2.65. The van der Waals surface area contributed by atoms with E-state index < -0.39 is 0 Å². The van der Waals surface area contributed by atoms with Crippen LogP contribution in [0.25, 0.3) is 0 Å². The minimum absolute atomic E-state index is 0.285. The van der Waals surface area contributed by atoms with Gasteiger partial charge < -0.3 is 9.64 Å². The van der Waals surface area contributed by atoms with Crippen LogP contribution in [0, 0.1) is 5.92 Å². The summed E-state index contributed by atoms with van der Waals surface area (Å²) in [6, 6.07) is 7.79. The molecule has 1 heterocycles. The van der Waals surface area contributed by atoms with Crippen LogP contribution in [-0.2, 0) is 4.79 Å². The summed E-state index contributed by atoms with van der Waals surface area (Å²) in [6.45, 7) is 4.35. The van der Waals surface area contributed by atoms with E-state index >= 15 is 0 Å². The van der Waals surface area contributed by atoms with Crippen molar-refractivity contribution < 1.29 is 9.53 Å². The predicted molar refractivity (Wildman–Crippen MR) is 88.5 cm³/mol. The van der Waals surface area contributed by atoms with Crippen LogP contribution in [0.2, 0.25) is 0 Å². The van der Waals surface area contributed by atoms with Crippen molar-refractivity contribution in [2.24, 2.45) is 5.92 Å². The molecule has 116 valence electrons. The minimum atomic E-state index is 0.285. The second kappa shape index (κ2) is 8.42. The van der Waals surface area contributed by atoms with Gasteiger partial charge in [0.25, 0.3) is 0 Å². The average molecular weight is 354 g/mol. The van der Waals surface area contributed by atoms with Crippen LogP contribution in [0.15, 0.2) is 28.7 Å². The van der Waals surface area contributed by atoms with Crippen LogP contribution < -0.4 is 4.74 Å². The summed E-state index contributed by atoms with van der Waals surface area (Å²) in [5.74, 6) is 1.86. The quantitative estimate of drug-likeness (QED) is 0.764. The summed E-state index contributed by atoms with van der Waals surface area (Å²) in [5.41, 5.74) is 0. The second-order valence-corrected chi connectivity index (χ2v) is 6.58. The zero-order chi connectivity index (χ0) is 15.1. The molecule has 21 heavy (non-hydrogen) atoms. The van der Waals surface area contributed by atoms with Gasteiger partial charge in [0.1, 0.15) is 12.4 Å². The molecule has 1 aliphatic rings. The van der Waals surface area contributed by atoms with Crippen molar-refractivity contribution in [3.05, 3.63) is 28.7 Å². The molecule has 1 fully saturated rings. The van der Waals surface area contributed by atoms with E-state index in [2.05, 4.69) is 22.9 Å². The molecule has 0 aliphatic carbocycles. The number of likely N-dealkylation sites (tertiary alicyclic amines) is 1. The highest BCUT2D eigenvalue weighted by Crippen LogP contribution is 2.22. The lowest BCUT2D eigenvalue weighted by atomic mass is 9.96. The number of halogens is 1. The normalized spacial score (nSPS) is 19.4. The fourth-order valence-corrected chi connectivity index (χ4v) is 3.10. The first-order valence-electron chi connectivity index (χ1n) is 7.85. The van der Waals surface area contributed by atoms with Gasteiger partial charge >= 0.3 is 0 Å². The number of carbonyl (C=O) groups excluding carboxylic acids is 1. The molecule has 0 saturated carbocycles. The summed E-state index contributed by atoms with van der Waals surface area (Å²) in [6.07, 6.45) is 5.35.